The Bertz CT molecular complexity index is 733. The summed E-state index contributed by atoms with van der Waals surface area (Å²) in [5.74, 6) is 0.0580. The average molecular weight is 462 g/mol. The van der Waals surface area contributed by atoms with Gasteiger partial charge in [-0.15, -0.1) is 11.3 Å². The summed E-state index contributed by atoms with van der Waals surface area (Å²) in [5.41, 5.74) is 0.548. The zero-order valence-corrected chi connectivity index (χ0v) is 16.4. The number of halogens is 2. The highest BCUT2D eigenvalue weighted by molar-refractivity contribution is 9.11. The lowest BCUT2D eigenvalue weighted by molar-refractivity contribution is -0.116. The van der Waals surface area contributed by atoms with Crippen molar-refractivity contribution >= 4 is 60.7 Å². The third-order valence-electron chi connectivity index (χ3n) is 2.95. The summed E-state index contributed by atoms with van der Waals surface area (Å²) in [6.07, 6.45) is 0. The van der Waals surface area contributed by atoms with E-state index in [-0.39, 0.29) is 18.4 Å². The van der Waals surface area contributed by atoms with Gasteiger partial charge in [-0.25, -0.2) is 0 Å². The first kappa shape index (κ1) is 18.0. The minimum Gasteiger partial charge on any atom is -0.495 e. The number of rotatable bonds is 5. The molecule has 0 saturated carbocycles. The Morgan fingerprint density at radius 3 is 2.61 bits per heavy atom. The number of ether oxygens (including phenoxy) is 1. The van der Waals surface area contributed by atoms with Gasteiger partial charge in [-0.1, -0.05) is 15.9 Å². The van der Waals surface area contributed by atoms with Crippen molar-refractivity contribution in [3.8, 4) is 5.75 Å². The first-order valence-corrected chi connectivity index (χ1v) is 8.95. The monoisotopic (exact) mass is 460 g/mol. The van der Waals surface area contributed by atoms with Crippen molar-refractivity contribution in [2.45, 2.75) is 0 Å². The predicted molar refractivity (Wildman–Crippen MR) is 98.3 cm³/mol. The highest BCUT2D eigenvalue weighted by atomic mass is 79.9. The van der Waals surface area contributed by atoms with Crippen LogP contribution in [-0.2, 0) is 4.79 Å². The summed E-state index contributed by atoms with van der Waals surface area (Å²) in [7, 11) is 3.12. The van der Waals surface area contributed by atoms with Gasteiger partial charge in [0.25, 0.3) is 5.91 Å². The molecule has 0 radical (unpaired) electrons. The van der Waals surface area contributed by atoms with Crippen LogP contribution in [0.25, 0.3) is 0 Å². The summed E-state index contributed by atoms with van der Waals surface area (Å²) in [5, 5.41) is 2.75. The van der Waals surface area contributed by atoms with E-state index in [1.165, 1.54) is 23.3 Å². The number of benzene rings is 1. The van der Waals surface area contributed by atoms with E-state index in [9.17, 15) is 9.59 Å². The van der Waals surface area contributed by atoms with Crippen molar-refractivity contribution in [2.75, 3.05) is 26.0 Å². The Labute approximate surface area is 154 Å². The molecule has 2 aromatic rings. The molecule has 2 amide bonds. The van der Waals surface area contributed by atoms with Crippen molar-refractivity contribution in [1.29, 1.82) is 0 Å². The van der Waals surface area contributed by atoms with E-state index in [0.29, 0.717) is 16.3 Å². The number of carbonyl (C=O) groups excluding carboxylic acids is 2. The van der Waals surface area contributed by atoms with Crippen LogP contribution in [0.2, 0.25) is 0 Å². The molecule has 1 aromatic carbocycles. The largest absolute Gasteiger partial charge is 0.495 e. The molecule has 1 heterocycles. The van der Waals surface area contributed by atoms with Crippen LogP contribution in [0.5, 0.6) is 5.75 Å². The molecule has 0 fully saturated rings. The zero-order valence-electron chi connectivity index (χ0n) is 12.4. The van der Waals surface area contributed by atoms with Crippen LogP contribution in [-0.4, -0.2) is 37.4 Å². The molecule has 0 saturated heterocycles. The maximum absolute atomic E-state index is 12.2. The second-order valence-corrected chi connectivity index (χ2v) is 8.04. The molecular formula is C15H14Br2N2O3S. The van der Waals surface area contributed by atoms with Gasteiger partial charge in [-0.2, -0.15) is 0 Å². The molecule has 0 atom stereocenters. The first-order chi connectivity index (χ1) is 10.9. The second-order valence-electron chi connectivity index (χ2n) is 4.66. The van der Waals surface area contributed by atoms with Crippen molar-refractivity contribution in [3.05, 3.63) is 43.5 Å². The number of amides is 2. The van der Waals surface area contributed by atoms with E-state index >= 15 is 0 Å². The molecule has 23 heavy (non-hydrogen) atoms. The maximum atomic E-state index is 12.2. The van der Waals surface area contributed by atoms with Crippen LogP contribution in [0.1, 0.15) is 9.67 Å². The van der Waals surface area contributed by atoms with Gasteiger partial charge in [0.15, 0.2) is 0 Å². The normalized spacial score (nSPS) is 10.3. The lowest BCUT2D eigenvalue weighted by Gasteiger charge is -2.17. The number of hydrogen-bond acceptors (Lipinski definition) is 4. The van der Waals surface area contributed by atoms with E-state index in [1.54, 1.807) is 31.3 Å². The first-order valence-electron chi connectivity index (χ1n) is 6.55. The summed E-state index contributed by atoms with van der Waals surface area (Å²) < 4.78 is 6.90. The van der Waals surface area contributed by atoms with Crippen molar-refractivity contribution in [3.63, 3.8) is 0 Å². The van der Waals surface area contributed by atoms with E-state index in [2.05, 4.69) is 37.2 Å². The fourth-order valence-corrected chi connectivity index (χ4v) is 3.61. The molecule has 0 aliphatic carbocycles. The average Bonchev–Trinajstić information content (AvgIpc) is 2.93. The fourth-order valence-electron chi connectivity index (χ4n) is 1.87. The molecule has 0 spiro atoms. The van der Waals surface area contributed by atoms with Crippen molar-refractivity contribution in [2.24, 2.45) is 0 Å². The Morgan fingerprint density at radius 1 is 1.26 bits per heavy atom. The van der Waals surface area contributed by atoms with Crippen LogP contribution in [0, 0.1) is 0 Å². The van der Waals surface area contributed by atoms with Gasteiger partial charge in [0.1, 0.15) is 5.75 Å². The summed E-state index contributed by atoms with van der Waals surface area (Å²) >= 11 is 8.00. The molecular weight excluding hydrogens is 448 g/mol. The number of likely N-dealkylation sites (N-methyl/N-ethyl adjacent to an activating group) is 1. The third kappa shape index (κ3) is 4.79. The van der Waals surface area contributed by atoms with Crippen molar-refractivity contribution < 1.29 is 14.3 Å². The van der Waals surface area contributed by atoms with Crippen LogP contribution < -0.4 is 10.1 Å². The zero-order chi connectivity index (χ0) is 17.0. The molecule has 1 aromatic heterocycles. The number of nitrogens with one attached hydrogen (secondary N) is 1. The SMILES string of the molecule is COc1ccc(Br)cc1NC(=O)CN(C)C(=O)c1ccc(Br)s1. The Kier molecular flexibility index (Phi) is 6.20. The molecule has 0 aliphatic rings. The molecule has 5 nitrogen and oxygen atoms in total. The summed E-state index contributed by atoms with van der Waals surface area (Å²) in [4.78, 5) is 26.3. The molecule has 0 bridgehead atoms. The summed E-state index contributed by atoms with van der Waals surface area (Å²) in [6, 6.07) is 8.84. The van der Waals surface area contributed by atoms with Crippen LogP contribution in [0.3, 0.4) is 0 Å². The molecule has 8 heteroatoms. The molecule has 0 aliphatic heterocycles. The summed E-state index contributed by atoms with van der Waals surface area (Å²) in [6.45, 7) is -0.0516. The smallest absolute Gasteiger partial charge is 0.264 e. The van der Waals surface area contributed by atoms with Crippen LogP contribution in [0.15, 0.2) is 38.6 Å². The van der Waals surface area contributed by atoms with E-state index in [0.717, 1.165) is 8.26 Å². The number of nitrogens with zero attached hydrogens (tertiary/aromatic N) is 1. The van der Waals surface area contributed by atoms with E-state index in [4.69, 9.17) is 4.74 Å². The van der Waals surface area contributed by atoms with Gasteiger partial charge in [-0.3, -0.25) is 9.59 Å². The molecule has 1 N–H and O–H groups in total. The highest BCUT2D eigenvalue weighted by Crippen LogP contribution is 2.28. The lowest BCUT2D eigenvalue weighted by atomic mass is 10.3. The number of anilines is 1. The maximum Gasteiger partial charge on any atom is 0.264 e. The molecule has 0 unspecified atom stereocenters. The second kappa shape index (κ2) is 7.94. The third-order valence-corrected chi connectivity index (χ3v) is 5.05. The predicted octanol–water partition coefficient (Wildman–Crippen LogP) is 3.99. The number of thiophene rings is 1. The minimum absolute atomic E-state index is 0.0516. The fraction of sp³-hybridized carbons (Fsp3) is 0.200. The van der Waals surface area contributed by atoms with Gasteiger partial charge in [0, 0.05) is 11.5 Å². The van der Waals surface area contributed by atoms with Crippen molar-refractivity contribution in [1.82, 2.24) is 4.90 Å². The standard InChI is InChI=1S/C15H14Br2N2O3S/c1-19(15(21)12-5-6-13(17)23-12)8-14(20)18-10-7-9(16)3-4-11(10)22-2/h3-7H,8H2,1-2H3,(H,18,20). The lowest BCUT2D eigenvalue weighted by Crippen LogP contribution is -2.34. The number of carbonyl (C=O) groups is 2. The van der Waals surface area contributed by atoms with Gasteiger partial charge < -0.3 is 15.0 Å². The van der Waals surface area contributed by atoms with Gasteiger partial charge in [0.2, 0.25) is 5.91 Å². The Hall–Kier alpha value is -1.38. The van der Waals surface area contributed by atoms with Crippen LogP contribution >= 0.6 is 43.2 Å². The highest BCUT2D eigenvalue weighted by Gasteiger charge is 2.17. The number of methoxy groups -OCH3 is 1. The quantitative estimate of drug-likeness (QED) is 0.732. The topological polar surface area (TPSA) is 58.6 Å². The van der Waals surface area contributed by atoms with E-state index in [1.807, 2.05) is 6.07 Å². The van der Waals surface area contributed by atoms with Gasteiger partial charge in [-0.05, 0) is 46.3 Å². The van der Waals surface area contributed by atoms with Gasteiger partial charge >= 0.3 is 0 Å². The number of hydrogen-bond donors (Lipinski definition) is 1. The van der Waals surface area contributed by atoms with Crippen LogP contribution in [0.4, 0.5) is 5.69 Å². The Balaban J connectivity index is 2.02. The Morgan fingerprint density at radius 2 is 2.00 bits per heavy atom. The van der Waals surface area contributed by atoms with E-state index < -0.39 is 0 Å². The van der Waals surface area contributed by atoms with Gasteiger partial charge in [0.05, 0.1) is 28.0 Å². The molecule has 2 rings (SSSR count). The minimum atomic E-state index is -0.298. The molecule has 122 valence electrons.